The van der Waals surface area contributed by atoms with E-state index in [1.165, 1.54) is 0 Å². The SMILES string of the molecule is CCNC(=NCc1csc(C(C)C)n1)NC1CCCC(C(=O)NC(C)C)C1. The molecule has 2 rings (SSSR count). The molecule has 1 saturated carbocycles. The van der Waals surface area contributed by atoms with Gasteiger partial charge < -0.3 is 16.0 Å². The van der Waals surface area contributed by atoms with Gasteiger partial charge in [-0.2, -0.15) is 0 Å². The van der Waals surface area contributed by atoms with Crippen molar-refractivity contribution in [1.82, 2.24) is 20.9 Å². The summed E-state index contributed by atoms with van der Waals surface area (Å²) in [5, 5.41) is 13.1. The summed E-state index contributed by atoms with van der Waals surface area (Å²) in [4.78, 5) is 21.7. The van der Waals surface area contributed by atoms with E-state index in [4.69, 9.17) is 4.99 Å². The van der Waals surface area contributed by atoms with Gasteiger partial charge in [0.05, 0.1) is 17.2 Å². The lowest BCUT2D eigenvalue weighted by Crippen LogP contribution is -2.47. The van der Waals surface area contributed by atoms with Gasteiger partial charge in [-0.25, -0.2) is 9.98 Å². The van der Waals surface area contributed by atoms with Crippen LogP contribution in [0.15, 0.2) is 10.4 Å². The van der Waals surface area contributed by atoms with Crippen molar-refractivity contribution in [3.8, 4) is 0 Å². The van der Waals surface area contributed by atoms with Crippen LogP contribution >= 0.6 is 11.3 Å². The molecule has 27 heavy (non-hydrogen) atoms. The molecule has 1 amide bonds. The smallest absolute Gasteiger partial charge is 0.223 e. The van der Waals surface area contributed by atoms with Crippen molar-refractivity contribution < 1.29 is 4.79 Å². The van der Waals surface area contributed by atoms with Crippen LogP contribution in [0.2, 0.25) is 0 Å². The second-order valence-corrected chi connectivity index (χ2v) is 8.78. The molecule has 0 aliphatic heterocycles. The molecule has 2 atom stereocenters. The van der Waals surface area contributed by atoms with E-state index in [0.717, 1.165) is 48.9 Å². The first-order valence-electron chi connectivity index (χ1n) is 10.2. The van der Waals surface area contributed by atoms with Crippen LogP contribution in [0.25, 0.3) is 0 Å². The Balaban J connectivity index is 1.94. The molecule has 1 fully saturated rings. The number of hydrogen-bond acceptors (Lipinski definition) is 4. The Morgan fingerprint density at radius 1 is 1.33 bits per heavy atom. The van der Waals surface area contributed by atoms with Crippen LogP contribution in [-0.4, -0.2) is 35.5 Å². The normalized spacial score (nSPS) is 20.8. The minimum Gasteiger partial charge on any atom is -0.357 e. The van der Waals surface area contributed by atoms with Gasteiger partial charge in [-0.1, -0.05) is 20.3 Å². The van der Waals surface area contributed by atoms with E-state index >= 15 is 0 Å². The van der Waals surface area contributed by atoms with Gasteiger partial charge >= 0.3 is 0 Å². The molecule has 3 N–H and O–H groups in total. The third-order valence-electron chi connectivity index (χ3n) is 4.62. The average Bonchev–Trinajstić information content (AvgIpc) is 3.09. The first-order valence-corrected chi connectivity index (χ1v) is 11.1. The number of carbonyl (C=O) groups is 1. The van der Waals surface area contributed by atoms with E-state index in [0.29, 0.717) is 12.5 Å². The Morgan fingerprint density at radius 3 is 2.74 bits per heavy atom. The zero-order valence-electron chi connectivity index (χ0n) is 17.3. The number of thiazole rings is 1. The summed E-state index contributed by atoms with van der Waals surface area (Å²) < 4.78 is 0. The average molecular weight is 394 g/mol. The Kier molecular flexibility index (Phi) is 8.54. The fraction of sp³-hybridized carbons (Fsp3) is 0.750. The van der Waals surface area contributed by atoms with Gasteiger partial charge in [-0.05, 0) is 40.0 Å². The van der Waals surface area contributed by atoms with E-state index in [2.05, 4.69) is 47.1 Å². The van der Waals surface area contributed by atoms with Crippen molar-refractivity contribution in [3.05, 3.63) is 16.1 Å². The predicted octanol–water partition coefficient (Wildman–Crippen LogP) is 3.41. The molecular formula is C20H35N5OS. The number of amides is 1. The third kappa shape index (κ3) is 7.13. The van der Waals surface area contributed by atoms with Crippen molar-refractivity contribution in [1.29, 1.82) is 0 Å². The Bertz CT molecular complexity index is 626. The molecule has 1 aliphatic rings. The highest BCUT2D eigenvalue weighted by atomic mass is 32.1. The van der Waals surface area contributed by atoms with Crippen molar-refractivity contribution in [2.75, 3.05) is 6.54 Å². The maximum Gasteiger partial charge on any atom is 0.223 e. The van der Waals surface area contributed by atoms with Crippen LogP contribution in [0, 0.1) is 5.92 Å². The van der Waals surface area contributed by atoms with Crippen LogP contribution in [0.3, 0.4) is 0 Å². The molecular weight excluding hydrogens is 358 g/mol. The van der Waals surface area contributed by atoms with Gasteiger partial charge in [0.25, 0.3) is 0 Å². The molecule has 7 heteroatoms. The highest BCUT2D eigenvalue weighted by Gasteiger charge is 2.28. The first-order chi connectivity index (χ1) is 12.9. The topological polar surface area (TPSA) is 78.4 Å². The first kappa shape index (κ1) is 21.7. The molecule has 0 spiro atoms. The molecule has 1 aliphatic carbocycles. The molecule has 1 aromatic rings. The lowest BCUT2D eigenvalue weighted by molar-refractivity contribution is -0.126. The third-order valence-corrected chi connectivity index (χ3v) is 5.82. The molecule has 1 heterocycles. The zero-order valence-corrected chi connectivity index (χ0v) is 18.2. The number of nitrogens with one attached hydrogen (secondary N) is 3. The summed E-state index contributed by atoms with van der Waals surface area (Å²) in [6.07, 6.45) is 3.97. The second kappa shape index (κ2) is 10.6. The van der Waals surface area contributed by atoms with Gasteiger partial charge in [0.2, 0.25) is 5.91 Å². The van der Waals surface area contributed by atoms with Crippen molar-refractivity contribution in [3.63, 3.8) is 0 Å². The number of rotatable bonds is 7. The predicted molar refractivity (Wildman–Crippen MR) is 113 cm³/mol. The quantitative estimate of drug-likeness (QED) is 0.490. The fourth-order valence-electron chi connectivity index (χ4n) is 3.30. The number of aromatic nitrogens is 1. The standard InChI is InChI=1S/C20H35N5OS/c1-6-21-20(22-11-17-12-27-19(24-17)13(2)3)25-16-9-7-8-15(10-16)18(26)23-14(4)5/h12-16H,6-11H2,1-5H3,(H,23,26)(H2,21,22,25). The van der Waals surface area contributed by atoms with Gasteiger partial charge in [0.1, 0.15) is 0 Å². The summed E-state index contributed by atoms with van der Waals surface area (Å²) in [6, 6.07) is 0.472. The highest BCUT2D eigenvalue weighted by molar-refractivity contribution is 7.09. The largest absolute Gasteiger partial charge is 0.357 e. The van der Waals surface area contributed by atoms with Gasteiger partial charge in [-0.15, -0.1) is 11.3 Å². The number of hydrogen-bond donors (Lipinski definition) is 3. The number of aliphatic imine (C=N–C) groups is 1. The molecule has 0 bridgehead atoms. The van der Waals surface area contributed by atoms with E-state index in [1.54, 1.807) is 11.3 Å². The van der Waals surface area contributed by atoms with Crippen molar-refractivity contribution >= 4 is 23.2 Å². The van der Waals surface area contributed by atoms with Crippen molar-refractivity contribution in [2.24, 2.45) is 10.9 Å². The zero-order chi connectivity index (χ0) is 19.8. The van der Waals surface area contributed by atoms with E-state index < -0.39 is 0 Å². The molecule has 6 nitrogen and oxygen atoms in total. The molecule has 0 aromatic carbocycles. The molecule has 152 valence electrons. The van der Waals surface area contributed by atoms with Gasteiger partial charge in [-0.3, -0.25) is 4.79 Å². The van der Waals surface area contributed by atoms with E-state index in [1.807, 2.05) is 13.8 Å². The highest BCUT2D eigenvalue weighted by Crippen LogP contribution is 2.25. The number of guanidine groups is 1. The molecule has 0 saturated heterocycles. The summed E-state index contributed by atoms with van der Waals surface area (Å²) in [7, 11) is 0. The number of nitrogens with zero attached hydrogens (tertiary/aromatic N) is 2. The van der Waals surface area contributed by atoms with Crippen LogP contribution in [0.1, 0.15) is 76.9 Å². The number of carbonyl (C=O) groups excluding carboxylic acids is 1. The van der Waals surface area contributed by atoms with Crippen molar-refractivity contribution in [2.45, 2.75) is 84.8 Å². The Hall–Kier alpha value is -1.63. The monoisotopic (exact) mass is 393 g/mol. The van der Waals surface area contributed by atoms with Crippen LogP contribution in [0.5, 0.6) is 0 Å². The molecule has 0 radical (unpaired) electrons. The fourth-order valence-corrected chi connectivity index (χ4v) is 4.12. The lowest BCUT2D eigenvalue weighted by atomic mass is 9.85. The lowest BCUT2D eigenvalue weighted by Gasteiger charge is -2.30. The van der Waals surface area contributed by atoms with Gasteiger partial charge in [0, 0.05) is 35.8 Å². The van der Waals surface area contributed by atoms with Crippen LogP contribution < -0.4 is 16.0 Å². The summed E-state index contributed by atoms with van der Waals surface area (Å²) in [5.74, 6) is 1.54. The maximum atomic E-state index is 12.3. The van der Waals surface area contributed by atoms with Crippen LogP contribution in [-0.2, 0) is 11.3 Å². The van der Waals surface area contributed by atoms with Gasteiger partial charge in [0.15, 0.2) is 5.96 Å². The molecule has 2 unspecified atom stereocenters. The summed E-state index contributed by atoms with van der Waals surface area (Å²) >= 11 is 1.70. The minimum absolute atomic E-state index is 0.0914. The van der Waals surface area contributed by atoms with Crippen LogP contribution in [0.4, 0.5) is 0 Å². The Labute approximate surface area is 167 Å². The summed E-state index contributed by atoms with van der Waals surface area (Å²) in [6.45, 7) is 11.8. The second-order valence-electron chi connectivity index (χ2n) is 7.90. The Morgan fingerprint density at radius 2 is 2.11 bits per heavy atom. The van der Waals surface area contributed by atoms with E-state index in [9.17, 15) is 4.79 Å². The summed E-state index contributed by atoms with van der Waals surface area (Å²) in [5.41, 5.74) is 1.01. The maximum absolute atomic E-state index is 12.3. The minimum atomic E-state index is 0.0914. The molecule has 1 aromatic heterocycles. The van der Waals surface area contributed by atoms with E-state index in [-0.39, 0.29) is 23.9 Å².